The number of benzene rings is 2. The fourth-order valence-electron chi connectivity index (χ4n) is 2.30. The van der Waals surface area contributed by atoms with Crippen LogP contribution in [0.15, 0.2) is 54.6 Å². The number of hydrogen-bond acceptors (Lipinski definition) is 4. The van der Waals surface area contributed by atoms with Gasteiger partial charge in [-0.3, -0.25) is 4.48 Å². The summed E-state index contributed by atoms with van der Waals surface area (Å²) < 4.78 is 13.5. The lowest BCUT2D eigenvalue weighted by molar-refractivity contribution is 0.376. The summed E-state index contributed by atoms with van der Waals surface area (Å²) in [4.78, 5) is 0. The molecule has 2 aromatic carbocycles. The number of halogens is 1. The van der Waals surface area contributed by atoms with Gasteiger partial charge in [0.15, 0.2) is 0 Å². The Morgan fingerprint density at radius 3 is 2.04 bits per heavy atom. The number of hydrogen-bond donors (Lipinski definition) is 0. The maximum atomic E-state index is 12.9. The predicted octanol–water partition coefficient (Wildman–Crippen LogP) is 2.84. The van der Waals surface area contributed by atoms with Crippen LogP contribution in [0.25, 0.3) is 11.4 Å². The minimum Gasteiger partial charge on any atom is -0.289 e. The Balaban J connectivity index is 1.79. The van der Waals surface area contributed by atoms with E-state index in [0.717, 1.165) is 5.69 Å². The molecule has 0 N–H and O–H groups in total. The van der Waals surface area contributed by atoms with Crippen molar-refractivity contribution in [2.45, 2.75) is 6.54 Å². The molecule has 0 unspecified atom stereocenters. The lowest BCUT2D eigenvalue weighted by atomic mass is 10.2. The summed E-state index contributed by atoms with van der Waals surface area (Å²) >= 11 is 0. The minimum atomic E-state index is -0.298. The molecular formula is C17H17FN5+. The van der Waals surface area contributed by atoms with E-state index in [9.17, 15) is 4.39 Å². The minimum absolute atomic E-state index is 0.298. The fourth-order valence-corrected chi connectivity index (χ4v) is 2.30. The van der Waals surface area contributed by atoms with Crippen molar-refractivity contribution in [3.8, 4) is 11.4 Å². The van der Waals surface area contributed by atoms with E-state index in [2.05, 4.69) is 46.6 Å². The second-order valence-electron chi connectivity index (χ2n) is 5.83. The van der Waals surface area contributed by atoms with Gasteiger partial charge in [-0.15, -0.1) is 20.4 Å². The Labute approximate surface area is 134 Å². The zero-order valence-corrected chi connectivity index (χ0v) is 13.0. The second kappa shape index (κ2) is 6.18. The molecule has 23 heavy (non-hydrogen) atoms. The van der Waals surface area contributed by atoms with Gasteiger partial charge in [0, 0.05) is 5.56 Å². The Morgan fingerprint density at radius 1 is 0.826 bits per heavy atom. The molecule has 6 heteroatoms. The highest BCUT2D eigenvalue weighted by molar-refractivity contribution is 5.53. The standard InChI is InChI=1S/C17H17FN5/c1-23(2,15-6-4-3-5-7-15)12-16-19-21-17(22-20-16)13-8-10-14(18)11-9-13/h3-11H,12H2,1-2H3/q+1. The largest absolute Gasteiger partial charge is 0.289 e. The molecule has 0 amide bonds. The zero-order valence-electron chi connectivity index (χ0n) is 13.0. The Bertz CT molecular complexity index is 770. The van der Waals surface area contributed by atoms with Gasteiger partial charge in [0.1, 0.15) is 18.0 Å². The lowest BCUT2D eigenvalue weighted by Gasteiger charge is -2.27. The molecule has 0 saturated heterocycles. The quantitative estimate of drug-likeness (QED) is 0.695. The van der Waals surface area contributed by atoms with E-state index in [1.165, 1.54) is 12.1 Å². The van der Waals surface area contributed by atoms with Crippen molar-refractivity contribution in [3.05, 3.63) is 66.2 Å². The summed E-state index contributed by atoms with van der Waals surface area (Å²) in [6.07, 6.45) is 0. The first-order valence-electron chi connectivity index (χ1n) is 7.25. The number of quaternary nitrogens is 1. The first-order valence-corrected chi connectivity index (χ1v) is 7.25. The van der Waals surface area contributed by atoms with Gasteiger partial charge >= 0.3 is 0 Å². The van der Waals surface area contributed by atoms with Crippen molar-refractivity contribution in [2.75, 3.05) is 14.1 Å². The van der Waals surface area contributed by atoms with Crippen molar-refractivity contribution in [3.63, 3.8) is 0 Å². The predicted molar refractivity (Wildman–Crippen MR) is 86.8 cm³/mol. The summed E-state index contributed by atoms with van der Waals surface area (Å²) in [6, 6.07) is 16.1. The molecule has 0 saturated carbocycles. The topological polar surface area (TPSA) is 51.6 Å². The van der Waals surface area contributed by atoms with Gasteiger partial charge in [0.25, 0.3) is 0 Å². The van der Waals surface area contributed by atoms with E-state index in [1.54, 1.807) is 12.1 Å². The van der Waals surface area contributed by atoms with Crippen LogP contribution >= 0.6 is 0 Å². The maximum absolute atomic E-state index is 12.9. The van der Waals surface area contributed by atoms with Gasteiger partial charge in [-0.1, -0.05) is 18.2 Å². The van der Waals surface area contributed by atoms with Gasteiger partial charge in [-0.2, -0.15) is 0 Å². The van der Waals surface area contributed by atoms with Crippen molar-refractivity contribution in [1.82, 2.24) is 24.9 Å². The highest BCUT2D eigenvalue weighted by atomic mass is 19.1. The van der Waals surface area contributed by atoms with E-state index in [1.807, 2.05) is 18.2 Å². The molecule has 3 aromatic rings. The van der Waals surface area contributed by atoms with Crippen LogP contribution < -0.4 is 4.48 Å². The average Bonchev–Trinajstić information content (AvgIpc) is 2.57. The van der Waals surface area contributed by atoms with Gasteiger partial charge in [0.2, 0.25) is 11.6 Å². The normalized spacial score (nSPS) is 11.4. The number of nitrogens with zero attached hydrogens (tertiary/aromatic N) is 5. The molecule has 0 aliphatic carbocycles. The summed E-state index contributed by atoms with van der Waals surface area (Å²) in [5, 5.41) is 16.5. The third kappa shape index (κ3) is 3.54. The van der Waals surface area contributed by atoms with Crippen molar-refractivity contribution in [1.29, 1.82) is 0 Å². The van der Waals surface area contributed by atoms with Crippen molar-refractivity contribution >= 4 is 5.69 Å². The molecule has 0 aliphatic rings. The molecule has 0 fully saturated rings. The molecule has 116 valence electrons. The van der Waals surface area contributed by atoms with E-state index in [0.29, 0.717) is 28.2 Å². The van der Waals surface area contributed by atoms with Gasteiger partial charge in [0.05, 0.1) is 14.1 Å². The van der Waals surface area contributed by atoms with Crippen LogP contribution in [0, 0.1) is 5.82 Å². The number of aromatic nitrogens is 4. The molecule has 1 aromatic heterocycles. The molecule has 0 radical (unpaired) electrons. The highest BCUT2D eigenvalue weighted by Gasteiger charge is 2.21. The molecule has 1 heterocycles. The number of para-hydroxylation sites is 1. The highest BCUT2D eigenvalue weighted by Crippen LogP contribution is 2.20. The van der Waals surface area contributed by atoms with Gasteiger partial charge in [-0.05, 0) is 36.4 Å². The zero-order chi connectivity index (χ0) is 16.3. The van der Waals surface area contributed by atoms with Crippen LogP contribution in [-0.4, -0.2) is 34.5 Å². The van der Waals surface area contributed by atoms with Crippen LogP contribution in [0.1, 0.15) is 5.82 Å². The maximum Gasteiger partial charge on any atom is 0.227 e. The molecule has 5 nitrogen and oxygen atoms in total. The summed E-state index contributed by atoms with van der Waals surface area (Å²) in [5.41, 5.74) is 1.84. The van der Waals surface area contributed by atoms with Crippen LogP contribution in [0.3, 0.4) is 0 Å². The van der Waals surface area contributed by atoms with Crippen LogP contribution in [0.5, 0.6) is 0 Å². The summed E-state index contributed by atoms with van der Waals surface area (Å²) in [6.45, 7) is 0.577. The smallest absolute Gasteiger partial charge is 0.227 e. The van der Waals surface area contributed by atoms with Crippen LogP contribution in [0.4, 0.5) is 10.1 Å². The third-order valence-electron chi connectivity index (χ3n) is 3.61. The average molecular weight is 310 g/mol. The van der Waals surface area contributed by atoms with Crippen molar-refractivity contribution in [2.24, 2.45) is 0 Å². The third-order valence-corrected chi connectivity index (χ3v) is 3.61. The molecule has 0 bridgehead atoms. The lowest BCUT2D eigenvalue weighted by Crippen LogP contribution is -2.40. The van der Waals surface area contributed by atoms with Crippen LogP contribution in [-0.2, 0) is 6.54 Å². The van der Waals surface area contributed by atoms with Crippen molar-refractivity contribution < 1.29 is 4.39 Å². The summed E-state index contributed by atoms with van der Waals surface area (Å²) in [7, 11) is 4.15. The Morgan fingerprint density at radius 2 is 1.43 bits per heavy atom. The number of rotatable bonds is 4. The Hall–Kier alpha value is -2.73. The monoisotopic (exact) mass is 310 g/mol. The first-order chi connectivity index (χ1) is 11.0. The summed E-state index contributed by atoms with van der Waals surface area (Å²) in [5.74, 6) is 0.650. The molecule has 3 rings (SSSR count). The fraction of sp³-hybridized carbons (Fsp3) is 0.176. The molecule has 0 atom stereocenters. The van der Waals surface area contributed by atoms with Gasteiger partial charge < -0.3 is 0 Å². The van der Waals surface area contributed by atoms with Gasteiger partial charge in [-0.25, -0.2) is 4.39 Å². The first kappa shape index (κ1) is 15.2. The van der Waals surface area contributed by atoms with E-state index in [-0.39, 0.29) is 5.82 Å². The van der Waals surface area contributed by atoms with E-state index in [4.69, 9.17) is 0 Å². The molecule has 0 aliphatic heterocycles. The Kier molecular flexibility index (Phi) is 4.08. The van der Waals surface area contributed by atoms with Crippen LogP contribution in [0.2, 0.25) is 0 Å². The van der Waals surface area contributed by atoms with E-state index < -0.39 is 0 Å². The SMILES string of the molecule is C[N+](C)(Cc1nnc(-c2ccc(F)cc2)nn1)c1ccccc1. The van der Waals surface area contributed by atoms with E-state index >= 15 is 0 Å². The molecule has 0 spiro atoms. The second-order valence-corrected chi connectivity index (χ2v) is 5.83. The molecular weight excluding hydrogens is 293 g/mol.